The summed E-state index contributed by atoms with van der Waals surface area (Å²) in [6.45, 7) is 0.184. The lowest BCUT2D eigenvalue weighted by Gasteiger charge is -2.13. The van der Waals surface area contributed by atoms with E-state index in [1.807, 2.05) is 0 Å². The molecule has 0 unspecified atom stereocenters. The molecule has 4 N–H and O–H groups in total. The Hall–Kier alpha value is -2.13. The van der Waals surface area contributed by atoms with Crippen molar-refractivity contribution in [2.75, 3.05) is 5.43 Å². The summed E-state index contributed by atoms with van der Waals surface area (Å²) in [5, 5.41) is 2.52. The highest BCUT2D eigenvalue weighted by molar-refractivity contribution is 7.09. The number of benzene rings is 1. The number of hydrazine groups is 1. The lowest BCUT2D eigenvalue weighted by molar-refractivity contribution is -0.137. The van der Waals surface area contributed by atoms with E-state index < -0.39 is 17.6 Å². The van der Waals surface area contributed by atoms with Crippen molar-refractivity contribution in [1.82, 2.24) is 10.3 Å². The normalized spacial score (nSPS) is 11.2. The number of halogens is 3. The molecule has 5 nitrogen and oxygen atoms in total. The van der Waals surface area contributed by atoms with Crippen molar-refractivity contribution in [3.05, 3.63) is 45.9 Å². The third-order valence-corrected chi connectivity index (χ3v) is 3.43. The lowest BCUT2D eigenvalue weighted by atomic mass is 10.1. The number of carbonyl (C=O) groups excluding carboxylic acids is 1. The van der Waals surface area contributed by atoms with Gasteiger partial charge in [-0.3, -0.25) is 15.6 Å². The number of nitrogens with zero attached hydrogens (tertiary/aromatic N) is 1. The predicted molar refractivity (Wildman–Crippen MR) is 72.5 cm³/mol. The van der Waals surface area contributed by atoms with Crippen molar-refractivity contribution in [1.29, 1.82) is 0 Å². The van der Waals surface area contributed by atoms with E-state index in [1.54, 1.807) is 11.7 Å². The van der Waals surface area contributed by atoms with Crippen molar-refractivity contribution >= 4 is 22.9 Å². The molecule has 0 saturated heterocycles. The molecule has 2 rings (SSSR count). The molecule has 9 heteroatoms. The van der Waals surface area contributed by atoms with Crippen LogP contribution in [0.2, 0.25) is 0 Å². The van der Waals surface area contributed by atoms with E-state index in [1.165, 1.54) is 11.3 Å². The number of hydrogen-bond acceptors (Lipinski definition) is 5. The van der Waals surface area contributed by atoms with Crippen LogP contribution in [0.4, 0.5) is 18.9 Å². The smallest absolute Gasteiger partial charge is 0.347 e. The number of nitrogens with two attached hydrogens (primary N) is 1. The van der Waals surface area contributed by atoms with Crippen molar-refractivity contribution in [2.45, 2.75) is 12.7 Å². The molecule has 1 amide bonds. The number of anilines is 1. The van der Waals surface area contributed by atoms with E-state index >= 15 is 0 Å². The zero-order valence-corrected chi connectivity index (χ0v) is 11.4. The minimum absolute atomic E-state index is 0.116. The second-order valence-electron chi connectivity index (χ2n) is 4.05. The quantitative estimate of drug-likeness (QED) is 0.597. The minimum Gasteiger partial charge on any atom is -0.347 e. The molecule has 0 aliphatic rings. The van der Waals surface area contributed by atoms with Crippen molar-refractivity contribution in [3.63, 3.8) is 0 Å². The Morgan fingerprint density at radius 2 is 2.14 bits per heavy atom. The number of thiazole rings is 1. The summed E-state index contributed by atoms with van der Waals surface area (Å²) in [5.74, 6) is 4.57. The van der Waals surface area contributed by atoms with Crippen molar-refractivity contribution < 1.29 is 18.0 Å². The standard InChI is InChI=1S/C12H11F3N4OS/c13-12(14,15)7-1-2-10(19-16)9(3-7)11(20)18-5-8-4-17-6-21-8/h1-4,6,19H,5,16H2,(H,18,20). The van der Waals surface area contributed by atoms with Gasteiger partial charge in [0.05, 0.1) is 28.9 Å². The van der Waals surface area contributed by atoms with Crippen LogP contribution in [0, 0.1) is 0 Å². The van der Waals surface area contributed by atoms with Gasteiger partial charge in [0.15, 0.2) is 0 Å². The molecular formula is C12H11F3N4OS. The third-order valence-electron chi connectivity index (χ3n) is 2.65. The van der Waals surface area contributed by atoms with Crippen LogP contribution in [0.25, 0.3) is 0 Å². The molecule has 1 aromatic carbocycles. The van der Waals surface area contributed by atoms with Crippen LogP contribution in [-0.2, 0) is 12.7 Å². The molecule has 2 aromatic rings. The summed E-state index contributed by atoms with van der Waals surface area (Å²) in [6, 6.07) is 2.73. The van der Waals surface area contributed by atoms with Gasteiger partial charge in [-0.25, -0.2) is 0 Å². The Morgan fingerprint density at radius 3 is 2.71 bits per heavy atom. The first-order valence-corrected chi connectivity index (χ1v) is 6.63. The molecule has 0 aliphatic heterocycles. The second-order valence-corrected chi connectivity index (χ2v) is 5.02. The van der Waals surface area contributed by atoms with Gasteiger partial charge in [0.2, 0.25) is 0 Å². The Morgan fingerprint density at radius 1 is 1.38 bits per heavy atom. The van der Waals surface area contributed by atoms with Crippen LogP contribution < -0.4 is 16.6 Å². The minimum atomic E-state index is -4.53. The summed E-state index contributed by atoms with van der Waals surface area (Å²) in [6.07, 6.45) is -2.96. The zero-order valence-electron chi connectivity index (χ0n) is 10.6. The first kappa shape index (κ1) is 15.3. The second kappa shape index (κ2) is 6.10. The highest BCUT2D eigenvalue weighted by Gasteiger charge is 2.31. The van der Waals surface area contributed by atoms with Gasteiger partial charge < -0.3 is 10.7 Å². The fourth-order valence-corrected chi connectivity index (χ4v) is 2.16. The topological polar surface area (TPSA) is 80.0 Å². The van der Waals surface area contributed by atoms with Gasteiger partial charge >= 0.3 is 6.18 Å². The zero-order chi connectivity index (χ0) is 15.5. The van der Waals surface area contributed by atoms with Gasteiger partial charge in [0.25, 0.3) is 5.91 Å². The van der Waals surface area contributed by atoms with E-state index in [4.69, 9.17) is 5.84 Å². The lowest BCUT2D eigenvalue weighted by Crippen LogP contribution is -2.25. The van der Waals surface area contributed by atoms with Gasteiger partial charge in [-0.2, -0.15) is 13.2 Å². The third kappa shape index (κ3) is 3.70. The maximum absolute atomic E-state index is 12.7. The number of alkyl halides is 3. The van der Waals surface area contributed by atoms with Crippen LogP contribution in [-0.4, -0.2) is 10.9 Å². The largest absolute Gasteiger partial charge is 0.416 e. The molecule has 0 atom stereocenters. The maximum Gasteiger partial charge on any atom is 0.416 e. The molecule has 0 bridgehead atoms. The molecule has 0 radical (unpaired) electrons. The van der Waals surface area contributed by atoms with E-state index in [9.17, 15) is 18.0 Å². The number of nitrogens with one attached hydrogen (secondary N) is 2. The molecule has 0 spiro atoms. The molecule has 0 aliphatic carbocycles. The van der Waals surface area contributed by atoms with Gasteiger partial charge in [0.1, 0.15) is 0 Å². The predicted octanol–water partition coefficient (Wildman–Crippen LogP) is 2.38. The number of aromatic nitrogens is 1. The average molecular weight is 316 g/mol. The summed E-state index contributed by atoms with van der Waals surface area (Å²) in [5.41, 5.74) is 2.84. The van der Waals surface area contributed by atoms with E-state index in [2.05, 4.69) is 15.7 Å². The molecule has 112 valence electrons. The van der Waals surface area contributed by atoms with Crippen molar-refractivity contribution in [2.24, 2.45) is 5.84 Å². The highest BCUT2D eigenvalue weighted by atomic mass is 32.1. The van der Waals surface area contributed by atoms with Crippen LogP contribution in [0.3, 0.4) is 0 Å². The summed E-state index contributed by atoms with van der Waals surface area (Å²) in [4.78, 5) is 16.6. The molecular weight excluding hydrogens is 305 g/mol. The fourth-order valence-electron chi connectivity index (χ4n) is 1.63. The Labute approximate surface area is 122 Å². The molecule has 0 saturated carbocycles. The first-order valence-electron chi connectivity index (χ1n) is 5.75. The fraction of sp³-hybridized carbons (Fsp3) is 0.167. The average Bonchev–Trinajstić information content (AvgIpc) is 2.96. The van der Waals surface area contributed by atoms with E-state index in [0.29, 0.717) is 0 Å². The van der Waals surface area contributed by atoms with Crippen LogP contribution in [0.5, 0.6) is 0 Å². The Kier molecular flexibility index (Phi) is 4.43. The van der Waals surface area contributed by atoms with E-state index in [0.717, 1.165) is 23.1 Å². The van der Waals surface area contributed by atoms with Crippen LogP contribution >= 0.6 is 11.3 Å². The Bertz CT molecular complexity index is 628. The monoisotopic (exact) mass is 316 g/mol. The number of nitrogen functional groups attached to an aromatic ring is 1. The number of carbonyl (C=O) groups is 1. The summed E-state index contributed by atoms with van der Waals surface area (Å²) < 4.78 is 38.1. The van der Waals surface area contributed by atoms with Crippen LogP contribution in [0.15, 0.2) is 29.9 Å². The molecule has 0 fully saturated rings. The highest BCUT2D eigenvalue weighted by Crippen LogP contribution is 2.31. The molecule has 1 heterocycles. The molecule has 1 aromatic heterocycles. The SMILES string of the molecule is NNc1ccc(C(F)(F)F)cc1C(=O)NCc1cncs1. The summed E-state index contributed by atoms with van der Waals surface area (Å²) in [7, 11) is 0. The summed E-state index contributed by atoms with van der Waals surface area (Å²) >= 11 is 1.33. The first-order chi connectivity index (χ1) is 9.91. The van der Waals surface area contributed by atoms with Gasteiger partial charge in [0, 0.05) is 11.1 Å². The number of hydrogen-bond donors (Lipinski definition) is 3. The maximum atomic E-state index is 12.7. The number of amides is 1. The van der Waals surface area contributed by atoms with Crippen molar-refractivity contribution in [3.8, 4) is 0 Å². The van der Waals surface area contributed by atoms with E-state index in [-0.39, 0.29) is 17.8 Å². The van der Waals surface area contributed by atoms with Crippen LogP contribution in [0.1, 0.15) is 20.8 Å². The number of rotatable bonds is 4. The molecule has 21 heavy (non-hydrogen) atoms. The van der Waals surface area contributed by atoms with Gasteiger partial charge in [-0.05, 0) is 18.2 Å². The van der Waals surface area contributed by atoms with Gasteiger partial charge in [-0.15, -0.1) is 11.3 Å². The van der Waals surface area contributed by atoms with Gasteiger partial charge in [-0.1, -0.05) is 0 Å². The Balaban J connectivity index is 2.21.